The van der Waals surface area contributed by atoms with Crippen LogP contribution >= 0.6 is 0 Å². The number of likely N-dealkylation sites (N-methyl/N-ethyl adjacent to an activating group) is 1. The van der Waals surface area contributed by atoms with Crippen molar-refractivity contribution in [2.75, 3.05) is 7.05 Å². The van der Waals surface area contributed by atoms with E-state index in [1.165, 1.54) is 12.1 Å². The molecule has 0 radical (unpaired) electrons. The topological polar surface area (TPSA) is 118 Å². The maximum atomic E-state index is 12.1. The Kier molecular flexibility index (Phi) is 5.64. The number of carbonyl (C=O) groups excluding carboxylic acids is 2. The Balaban J connectivity index is 2.42. The van der Waals surface area contributed by atoms with E-state index < -0.39 is 29.5 Å². The zero-order valence-corrected chi connectivity index (χ0v) is 14.5. The Morgan fingerprint density at radius 1 is 1.04 bits per heavy atom. The van der Waals surface area contributed by atoms with Crippen molar-refractivity contribution in [2.45, 2.75) is 25.4 Å². The summed E-state index contributed by atoms with van der Waals surface area (Å²) in [6.45, 7) is 1.91. The van der Waals surface area contributed by atoms with Crippen molar-refractivity contribution in [3.05, 3.63) is 59.2 Å². The molecule has 2 aromatic rings. The van der Waals surface area contributed by atoms with Crippen LogP contribution in [-0.2, 0) is 21.6 Å². The van der Waals surface area contributed by atoms with Gasteiger partial charge in [0.25, 0.3) is 0 Å². The first-order valence-electron chi connectivity index (χ1n) is 7.92. The van der Waals surface area contributed by atoms with Crippen LogP contribution < -0.4 is 0 Å². The van der Waals surface area contributed by atoms with E-state index in [1.807, 2.05) is 19.1 Å². The summed E-state index contributed by atoms with van der Waals surface area (Å²) in [4.78, 5) is 23.8. The third-order valence-electron chi connectivity index (χ3n) is 4.12. The van der Waals surface area contributed by atoms with E-state index in [4.69, 9.17) is 5.21 Å². The lowest BCUT2D eigenvalue weighted by atomic mass is 9.82. The second-order valence-corrected chi connectivity index (χ2v) is 6.33. The zero-order valence-electron chi connectivity index (χ0n) is 14.5. The summed E-state index contributed by atoms with van der Waals surface area (Å²) in [7, 11) is 1.02. The molecule has 4 N–H and O–H groups in total. The third kappa shape index (κ3) is 4.38. The summed E-state index contributed by atoms with van der Waals surface area (Å²) in [6, 6.07) is 11.0. The lowest BCUT2D eigenvalue weighted by Crippen LogP contribution is -2.38. The molecule has 26 heavy (non-hydrogen) atoms. The van der Waals surface area contributed by atoms with Crippen LogP contribution in [-0.4, -0.2) is 44.3 Å². The molecule has 1 amide bonds. The molecule has 0 heterocycles. The van der Waals surface area contributed by atoms with Crippen LogP contribution in [0.15, 0.2) is 42.5 Å². The first-order chi connectivity index (χ1) is 12.1. The number of aryl methyl sites for hydroxylation is 1. The SMILES string of the molecule is Cc1ccc(CC(O)(CC(=O)C(=O)N(C)O)c2ccc(O)c(O)c2)cc1. The average Bonchev–Trinajstić information content (AvgIpc) is 2.58. The van der Waals surface area contributed by atoms with Crippen molar-refractivity contribution in [3.63, 3.8) is 0 Å². The molecule has 0 bridgehead atoms. The van der Waals surface area contributed by atoms with E-state index in [1.54, 1.807) is 12.1 Å². The van der Waals surface area contributed by atoms with Crippen LogP contribution in [0.2, 0.25) is 0 Å². The van der Waals surface area contributed by atoms with Crippen molar-refractivity contribution < 1.29 is 30.1 Å². The Hall–Kier alpha value is -2.90. The molecule has 7 nitrogen and oxygen atoms in total. The summed E-state index contributed by atoms with van der Waals surface area (Å²) in [5.74, 6) is -2.97. The van der Waals surface area contributed by atoms with E-state index in [-0.39, 0.29) is 22.8 Å². The third-order valence-corrected chi connectivity index (χ3v) is 4.12. The standard InChI is InChI=1S/C19H21NO6/c1-12-3-5-13(6-4-12)10-19(25,11-17(23)18(24)20(2)26)14-7-8-15(21)16(22)9-14/h3-9,21-22,25-26H,10-11H2,1-2H3. The molecule has 0 aliphatic rings. The van der Waals surface area contributed by atoms with Gasteiger partial charge in [-0.05, 0) is 30.2 Å². The predicted octanol–water partition coefficient (Wildman–Crippen LogP) is 1.64. The van der Waals surface area contributed by atoms with Gasteiger partial charge in [0.2, 0.25) is 5.78 Å². The first-order valence-corrected chi connectivity index (χ1v) is 7.92. The van der Waals surface area contributed by atoms with Crippen molar-refractivity contribution in [1.29, 1.82) is 0 Å². The highest BCUT2D eigenvalue weighted by atomic mass is 16.5. The van der Waals surface area contributed by atoms with E-state index in [2.05, 4.69) is 0 Å². The average molecular weight is 359 g/mol. The molecule has 1 atom stereocenters. The molecule has 0 saturated carbocycles. The number of aliphatic hydroxyl groups is 1. The van der Waals surface area contributed by atoms with Gasteiger partial charge in [-0.25, -0.2) is 5.06 Å². The summed E-state index contributed by atoms with van der Waals surface area (Å²) >= 11 is 0. The lowest BCUT2D eigenvalue weighted by Gasteiger charge is -2.29. The van der Waals surface area contributed by atoms with Gasteiger partial charge in [0.05, 0.1) is 0 Å². The minimum atomic E-state index is -1.82. The van der Waals surface area contributed by atoms with Crippen LogP contribution in [0, 0.1) is 6.92 Å². The Bertz CT molecular complexity index is 815. The van der Waals surface area contributed by atoms with E-state index in [0.29, 0.717) is 5.56 Å². The quantitative estimate of drug-likeness (QED) is 0.269. The number of rotatable bonds is 6. The number of amides is 1. The van der Waals surface area contributed by atoms with Gasteiger partial charge in [-0.2, -0.15) is 0 Å². The molecule has 2 aromatic carbocycles. The number of ketones is 1. The Labute approximate surface area is 150 Å². The van der Waals surface area contributed by atoms with Gasteiger partial charge in [-0.1, -0.05) is 35.9 Å². The largest absolute Gasteiger partial charge is 0.504 e. The summed E-state index contributed by atoms with van der Waals surface area (Å²) < 4.78 is 0. The van der Waals surface area contributed by atoms with Gasteiger partial charge in [-0.3, -0.25) is 14.8 Å². The fraction of sp³-hybridized carbons (Fsp3) is 0.263. The molecule has 138 valence electrons. The van der Waals surface area contributed by atoms with Crippen molar-refractivity contribution in [2.24, 2.45) is 0 Å². The zero-order chi connectivity index (χ0) is 19.5. The van der Waals surface area contributed by atoms with Crippen molar-refractivity contribution in [3.8, 4) is 11.5 Å². The predicted molar refractivity (Wildman–Crippen MR) is 92.7 cm³/mol. The van der Waals surface area contributed by atoms with E-state index >= 15 is 0 Å². The number of phenolic OH excluding ortho intramolecular Hbond substituents is 2. The number of benzene rings is 2. The van der Waals surface area contributed by atoms with Gasteiger partial charge in [0, 0.05) is 19.9 Å². The molecular formula is C19H21NO6. The second-order valence-electron chi connectivity index (χ2n) is 6.33. The van der Waals surface area contributed by atoms with Crippen LogP contribution in [0.5, 0.6) is 11.5 Å². The number of aromatic hydroxyl groups is 2. The number of hydroxylamine groups is 2. The molecule has 0 aliphatic heterocycles. The van der Waals surface area contributed by atoms with Crippen LogP contribution in [0.3, 0.4) is 0 Å². The van der Waals surface area contributed by atoms with Gasteiger partial charge in [0.1, 0.15) is 5.60 Å². The molecule has 0 spiro atoms. The van der Waals surface area contributed by atoms with E-state index in [9.17, 15) is 24.9 Å². The minimum Gasteiger partial charge on any atom is -0.504 e. The highest BCUT2D eigenvalue weighted by Crippen LogP contribution is 2.35. The highest BCUT2D eigenvalue weighted by Gasteiger charge is 2.36. The van der Waals surface area contributed by atoms with Crippen LogP contribution in [0.1, 0.15) is 23.1 Å². The minimum absolute atomic E-state index is 0.00828. The normalized spacial score (nSPS) is 13.1. The fourth-order valence-electron chi connectivity index (χ4n) is 2.64. The maximum absolute atomic E-state index is 12.1. The Morgan fingerprint density at radius 2 is 1.65 bits per heavy atom. The smallest absolute Gasteiger partial charge is 0.313 e. The molecule has 0 aliphatic carbocycles. The van der Waals surface area contributed by atoms with Gasteiger partial charge in [0.15, 0.2) is 11.5 Å². The number of nitrogens with zero attached hydrogens (tertiary/aromatic N) is 1. The first kappa shape index (κ1) is 19.4. The monoisotopic (exact) mass is 359 g/mol. The summed E-state index contributed by atoms with van der Waals surface area (Å²) in [5.41, 5.74) is 0.0783. The van der Waals surface area contributed by atoms with Gasteiger partial charge in [-0.15, -0.1) is 0 Å². The summed E-state index contributed by atoms with van der Waals surface area (Å²) in [6.07, 6.45) is -0.611. The highest BCUT2D eigenvalue weighted by molar-refractivity contribution is 6.35. The number of Topliss-reactive ketones (excluding diaryl/α,β-unsaturated/α-hetero) is 1. The van der Waals surface area contributed by atoms with Crippen molar-refractivity contribution in [1.82, 2.24) is 5.06 Å². The van der Waals surface area contributed by atoms with Gasteiger partial charge < -0.3 is 15.3 Å². The molecule has 0 aromatic heterocycles. The van der Waals surface area contributed by atoms with E-state index in [0.717, 1.165) is 18.7 Å². The molecular weight excluding hydrogens is 338 g/mol. The van der Waals surface area contributed by atoms with Crippen molar-refractivity contribution >= 4 is 11.7 Å². The number of carbonyl (C=O) groups is 2. The number of phenols is 2. The lowest BCUT2D eigenvalue weighted by molar-refractivity contribution is -0.167. The molecule has 0 fully saturated rings. The number of hydrogen-bond donors (Lipinski definition) is 4. The fourth-order valence-corrected chi connectivity index (χ4v) is 2.64. The van der Waals surface area contributed by atoms with Crippen LogP contribution in [0.4, 0.5) is 0 Å². The van der Waals surface area contributed by atoms with Crippen LogP contribution in [0.25, 0.3) is 0 Å². The summed E-state index contributed by atoms with van der Waals surface area (Å²) in [5, 5.41) is 39.7. The molecule has 1 unspecified atom stereocenters. The molecule has 0 saturated heterocycles. The Morgan fingerprint density at radius 3 is 2.19 bits per heavy atom. The maximum Gasteiger partial charge on any atom is 0.313 e. The molecule has 7 heteroatoms. The van der Waals surface area contributed by atoms with Gasteiger partial charge >= 0.3 is 5.91 Å². The molecule has 2 rings (SSSR count). The number of hydrogen-bond acceptors (Lipinski definition) is 6. The second kappa shape index (κ2) is 7.55.